The Morgan fingerprint density at radius 1 is 0.714 bits per heavy atom. The lowest BCUT2D eigenvalue weighted by molar-refractivity contribution is 0.0998. The summed E-state index contributed by atoms with van der Waals surface area (Å²) in [7, 11) is 0. The molecular formula is C22H20N2O4. The van der Waals surface area contributed by atoms with Gasteiger partial charge in [0, 0.05) is 16.8 Å². The third-order valence-electron chi connectivity index (χ3n) is 3.91. The SMILES string of the molecule is NC(=O)c1ccc(NC(=O)c2ccc(OCCOc3ccccc3)cc2)cc1. The molecule has 6 nitrogen and oxygen atoms in total. The summed E-state index contributed by atoms with van der Waals surface area (Å²) < 4.78 is 11.2. The smallest absolute Gasteiger partial charge is 0.255 e. The van der Waals surface area contributed by atoms with Crippen LogP contribution in [0, 0.1) is 0 Å². The van der Waals surface area contributed by atoms with Crippen LogP contribution >= 0.6 is 0 Å². The average molecular weight is 376 g/mol. The van der Waals surface area contributed by atoms with E-state index in [9.17, 15) is 9.59 Å². The average Bonchev–Trinajstić information content (AvgIpc) is 2.73. The quantitative estimate of drug-likeness (QED) is 0.589. The molecule has 0 saturated carbocycles. The highest BCUT2D eigenvalue weighted by atomic mass is 16.5. The van der Waals surface area contributed by atoms with E-state index in [1.54, 1.807) is 48.5 Å². The van der Waals surface area contributed by atoms with Crippen LogP contribution in [0.1, 0.15) is 20.7 Å². The van der Waals surface area contributed by atoms with Crippen LogP contribution in [0.3, 0.4) is 0 Å². The van der Waals surface area contributed by atoms with Gasteiger partial charge >= 0.3 is 0 Å². The number of benzene rings is 3. The monoisotopic (exact) mass is 376 g/mol. The molecule has 0 aromatic heterocycles. The first-order valence-corrected chi connectivity index (χ1v) is 8.74. The minimum atomic E-state index is -0.511. The van der Waals surface area contributed by atoms with Gasteiger partial charge < -0.3 is 20.5 Å². The van der Waals surface area contributed by atoms with Crippen LogP contribution in [0.4, 0.5) is 5.69 Å². The molecule has 3 aromatic rings. The summed E-state index contributed by atoms with van der Waals surface area (Å²) in [5.74, 6) is 0.675. The van der Waals surface area contributed by atoms with E-state index in [-0.39, 0.29) is 5.91 Å². The molecule has 6 heteroatoms. The maximum absolute atomic E-state index is 12.3. The lowest BCUT2D eigenvalue weighted by atomic mass is 10.1. The number of nitrogens with two attached hydrogens (primary N) is 1. The van der Waals surface area contributed by atoms with Gasteiger partial charge in [-0.3, -0.25) is 9.59 Å². The number of carbonyl (C=O) groups excluding carboxylic acids is 2. The van der Waals surface area contributed by atoms with Crippen LogP contribution in [-0.4, -0.2) is 25.0 Å². The van der Waals surface area contributed by atoms with Gasteiger partial charge in [-0.2, -0.15) is 0 Å². The van der Waals surface area contributed by atoms with Crippen molar-refractivity contribution in [1.82, 2.24) is 0 Å². The topological polar surface area (TPSA) is 90.7 Å². The van der Waals surface area contributed by atoms with E-state index in [1.165, 1.54) is 0 Å². The molecule has 0 spiro atoms. The van der Waals surface area contributed by atoms with Crippen molar-refractivity contribution in [2.75, 3.05) is 18.5 Å². The van der Waals surface area contributed by atoms with Crippen LogP contribution in [-0.2, 0) is 0 Å². The fourth-order valence-electron chi connectivity index (χ4n) is 2.46. The lowest BCUT2D eigenvalue weighted by Gasteiger charge is -2.09. The molecule has 0 heterocycles. The number of para-hydroxylation sites is 1. The van der Waals surface area contributed by atoms with Gasteiger partial charge in [0.2, 0.25) is 5.91 Å². The molecule has 0 radical (unpaired) electrons. The molecular weight excluding hydrogens is 356 g/mol. The highest BCUT2D eigenvalue weighted by molar-refractivity contribution is 6.04. The van der Waals surface area contributed by atoms with Gasteiger partial charge in [0.1, 0.15) is 24.7 Å². The maximum atomic E-state index is 12.3. The Morgan fingerprint density at radius 3 is 1.82 bits per heavy atom. The number of ether oxygens (including phenoxy) is 2. The summed E-state index contributed by atoms with van der Waals surface area (Å²) in [6.07, 6.45) is 0. The van der Waals surface area contributed by atoms with Gasteiger partial charge in [0.25, 0.3) is 5.91 Å². The van der Waals surface area contributed by atoms with Crippen molar-refractivity contribution in [3.63, 3.8) is 0 Å². The standard InChI is InChI=1S/C22H20N2O4/c23-21(25)16-6-10-18(11-7-16)24-22(26)17-8-12-20(13-9-17)28-15-14-27-19-4-2-1-3-5-19/h1-13H,14-15H2,(H2,23,25)(H,24,26). The molecule has 3 N–H and O–H groups in total. The van der Waals surface area contributed by atoms with Gasteiger partial charge in [0.05, 0.1) is 0 Å². The third-order valence-corrected chi connectivity index (χ3v) is 3.91. The molecule has 0 aliphatic heterocycles. The van der Waals surface area contributed by atoms with Crippen molar-refractivity contribution in [3.8, 4) is 11.5 Å². The number of rotatable bonds is 8. The van der Waals surface area contributed by atoms with Crippen molar-refractivity contribution in [2.24, 2.45) is 5.73 Å². The van der Waals surface area contributed by atoms with Gasteiger partial charge in [-0.05, 0) is 60.7 Å². The van der Waals surface area contributed by atoms with E-state index in [1.807, 2.05) is 30.3 Å². The molecule has 0 aliphatic rings. The second kappa shape index (κ2) is 9.23. The van der Waals surface area contributed by atoms with Crippen molar-refractivity contribution in [3.05, 3.63) is 90.0 Å². The van der Waals surface area contributed by atoms with Crippen molar-refractivity contribution in [1.29, 1.82) is 0 Å². The number of anilines is 1. The Labute approximate surface area is 162 Å². The second-order valence-corrected chi connectivity index (χ2v) is 5.93. The zero-order chi connectivity index (χ0) is 19.8. The van der Waals surface area contributed by atoms with Crippen molar-refractivity contribution in [2.45, 2.75) is 0 Å². The summed E-state index contributed by atoms with van der Waals surface area (Å²) in [6.45, 7) is 0.820. The highest BCUT2D eigenvalue weighted by Crippen LogP contribution is 2.15. The zero-order valence-corrected chi connectivity index (χ0v) is 15.1. The van der Waals surface area contributed by atoms with E-state index in [0.717, 1.165) is 5.75 Å². The number of hydrogen-bond acceptors (Lipinski definition) is 4. The molecule has 0 fully saturated rings. The molecule has 0 saturated heterocycles. The molecule has 0 bridgehead atoms. The predicted octanol–water partition coefficient (Wildman–Crippen LogP) is 3.50. The fraction of sp³-hybridized carbons (Fsp3) is 0.0909. The normalized spacial score (nSPS) is 10.1. The van der Waals surface area contributed by atoms with Crippen LogP contribution in [0.5, 0.6) is 11.5 Å². The van der Waals surface area contributed by atoms with Gasteiger partial charge in [-0.1, -0.05) is 18.2 Å². The summed E-state index contributed by atoms with van der Waals surface area (Å²) >= 11 is 0. The minimum absolute atomic E-state index is 0.259. The van der Waals surface area contributed by atoms with Crippen LogP contribution in [0.15, 0.2) is 78.9 Å². The predicted molar refractivity (Wildman–Crippen MR) is 107 cm³/mol. The maximum Gasteiger partial charge on any atom is 0.255 e. The molecule has 0 unspecified atom stereocenters. The van der Waals surface area contributed by atoms with Crippen LogP contribution in [0.2, 0.25) is 0 Å². The molecule has 28 heavy (non-hydrogen) atoms. The number of hydrogen-bond donors (Lipinski definition) is 2. The molecule has 2 amide bonds. The van der Waals surface area contributed by atoms with E-state index in [2.05, 4.69) is 5.32 Å². The summed E-state index contributed by atoms with van der Waals surface area (Å²) in [5, 5.41) is 2.76. The zero-order valence-electron chi connectivity index (χ0n) is 15.1. The summed E-state index contributed by atoms with van der Waals surface area (Å²) in [6, 6.07) is 22.7. The minimum Gasteiger partial charge on any atom is -0.490 e. The summed E-state index contributed by atoms with van der Waals surface area (Å²) in [4.78, 5) is 23.4. The summed E-state index contributed by atoms with van der Waals surface area (Å²) in [5.41, 5.74) is 6.65. The fourth-order valence-corrected chi connectivity index (χ4v) is 2.46. The third kappa shape index (κ3) is 5.35. The number of carbonyl (C=O) groups is 2. The van der Waals surface area contributed by atoms with Gasteiger partial charge in [-0.15, -0.1) is 0 Å². The first kappa shape index (κ1) is 19.0. The Balaban J connectivity index is 1.47. The number of amides is 2. The van der Waals surface area contributed by atoms with Crippen molar-refractivity contribution < 1.29 is 19.1 Å². The van der Waals surface area contributed by atoms with Crippen LogP contribution < -0.4 is 20.5 Å². The lowest BCUT2D eigenvalue weighted by Crippen LogP contribution is -2.13. The highest BCUT2D eigenvalue weighted by Gasteiger charge is 2.07. The Morgan fingerprint density at radius 2 is 1.25 bits per heavy atom. The molecule has 3 rings (SSSR count). The second-order valence-electron chi connectivity index (χ2n) is 5.93. The van der Waals surface area contributed by atoms with E-state index in [0.29, 0.717) is 35.8 Å². The molecule has 142 valence electrons. The van der Waals surface area contributed by atoms with E-state index >= 15 is 0 Å². The Bertz CT molecular complexity index is 923. The molecule has 0 atom stereocenters. The number of primary amides is 1. The van der Waals surface area contributed by atoms with Gasteiger partial charge in [0.15, 0.2) is 0 Å². The van der Waals surface area contributed by atoms with Gasteiger partial charge in [-0.25, -0.2) is 0 Å². The number of nitrogens with one attached hydrogen (secondary N) is 1. The van der Waals surface area contributed by atoms with E-state index in [4.69, 9.17) is 15.2 Å². The first-order valence-electron chi connectivity index (χ1n) is 8.74. The molecule has 0 aliphatic carbocycles. The van der Waals surface area contributed by atoms with E-state index < -0.39 is 5.91 Å². The Hall–Kier alpha value is -3.80. The van der Waals surface area contributed by atoms with Crippen LogP contribution in [0.25, 0.3) is 0 Å². The largest absolute Gasteiger partial charge is 0.490 e. The van der Waals surface area contributed by atoms with Crippen molar-refractivity contribution >= 4 is 17.5 Å². The first-order chi connectivity index (χ1) is 13.6. The Kier molecular flexibility index (Phi) is 6.25. The molecule has 3 aromatic carbocycles.